The summed E-state index contributed by atoms with van der Waals surface area (Å²) >= 11 is 39.3. The van der Waals surface area contributed by atoms with Gasteiger partial charge in [0, 0.05) is 11.1 Å². The molecule has 3 aromatic carbocycles. The lowest BCUT2D eigenvalue weighted by molar-refractivity contribution is 0.877. The summed E-state index contributed by atoms with van der Waals surface area (Å²) in [6, 6.07) is 10.5. The van der Waals surface area contributed by atoms with Crippen LogP contribution in [0, 0.1) is 0 Å². The van der Waals surface area contributed by atoms with Crippen molar-refractivity contribution in [3.8, 4) is 0 Å². The highest BCUT2D eigenvalue weighted by atomic mass is 35.8. The minimum Gasteiger partial charge on any atom is -0.125 e. The van der Waals surface area contributed by atoms with Gasteiger partial charge >= 0.3 is 12.0 Å². The zero-order valence-electron chi connectivity index (χ0n) is 15.5. The largest absolute Gasteiger partial charge is 0.348 e. The molecule has 0 aromatic heterocycles. The molecule has 0 heterocycles. The molecule has 0 fully saturated rings. The number of hydrogen-bond acceptors (Lipinski definition) is 0. The maximum Gasteiger partial charge on any atom is 0.348 e. The Kier molecular flexibility index (Phi) is 7.27. The van der Waals surface area contributed by atoms with Crippen LogP contribution in [0.15, 0.2) is 48.5 Å². The van der Waals surface area contributed by atoms with Crippen LogP contribution < -0.4 is 0 Å². The van der Waals surface area contributed by atoms with E-state index in [0.29, 0.717) is 0 Å². The van der Waals surface area contributed by atoms with E-state index in [9.17, 15) is 0 Å². The smallest absolute Gasteiger partial charge is 0.125 e. The van der Waals surface area contributed by atoms with E-state index >= 15 is 0 Å². The fraction of sp³-hybridized carbons (Fsp3) is 0.300. The van der Waals surface area contributed by atoms with Gasteiger partial charge in [-0.3, -0.25) is 0 Å². The summed E-state index contributed by atoms with van der Waals surface area (Å²) in [5, 5.41) is 4.35. The van der Waals surface area contributed by atoms with E-state index in [1.807, 2.05) is 24.3 Å². The molecule has 0 radical (unpaired) electrons. The molecule has 0 nitrogen and oxygen atoms in total. The second-order valence-corrected chi connectivity index (χ2v) is 24.7. The third-order valence-electron chi connectivity index (χ3n) is 5.32. The average Bonchev–Trinajstić information content (AvgIpc) is 2.62. The molecule has 0 aliphatic heterocycles. The van der Waals surface area contributed by atoms with E-state index in [0.717, 1.165) is 45.5 Å². The number of hydrogen-bond donors (Lipinski definition) is 0. The first-order chi connectivity index (χ1) is 13.1. The van der Waals surface area contributed by atoms with Gasteiger partial charge in [-0.05, 0) is 45.5 Å². The van der Waals surface area contributed by atoms with Crippen molar-refractivity contribution in [2.24, 2.45) is 0 Å². The van der Waals surface area contributed by atoms with Crippen LogP contribution >= 0.6 is 66.5 Å². The monoisotopic (exact) mass is 526 g/mol. The molecule has 0 N–H and O–H groups in total. The van der Waals surface area contributed by atoms with Gasteiger partial charge in [0.2, 0.25) is 0 Å². The topological polar surface area (TPSA) is 0 Å². The zero-order chi connectivity index (χ0) is 20.7. The molecule has 0 bridgehead atoms. The predicted octanol–water partition coefficient (Wildman–Crippen LogP) is 9.37. The fourth-order valence-electron chi connectivity index (χ4n) is 4.15. The van der Waals surface area contributed by atoms with Gasteiger partial charge in [-0.15, -0.1) is 66.5 Å². The van der Waals surface area contributed by atoms with Crippen molar-refractivity contribution < 1.29 is 0 Å². The quantitative estimate of drug-likeness (QED) is 0.170. The van der Waals surface area contributed by atoms with Crippen molar-refractivity contribution >= 4 is 100 Å². The highest BCUT2D eigenvalue weighted by Gasteiger charge is 2.41. The van der Waals surface area contributed by atoms with E-state index in [4.69, 9.17) is 66.5 Å². The molecule has 0 saturated carbocycles. The molecule has 0 amide bonds. The zero-order valence-corrected chi connectivity index (χ0v) is 22.0. The normalized spacial score (nSPS) is 15.1. The Balaban J connectivity index is 2.54. The summed E-state index contributed by atoms with van der Waals surface area (Å²) in [6.45, 7) is 4.14. The SMILES string of the molecule is CCC(c1c2ccccc2c(C(CC)[Si](Cl)(Cl)Cl)c2ccccc12)[Si](Cl)(Cl)Cl. The minimum absolute atomic E-state index is 0.119. The van der Waals surface area contributed by atoms with Crippen LogP contribution in [0.4, 0.5) is 0 Å². The molecule has 2 atom stereocenters. The first-order valence-corrected chi connectivity index (χ1v) is 19.4. The van der Waals surface area contributed by atoms with Crippen LogP contribution in [0.25, 0.3) is 21.5 Å². The highest BCUT2D eigenvalue weighted by Crippen LogP contribution is 2.50. The second kappa shape index (κ2) is 8.84. The third-order valence-corrected chi connectivity index (χ3v) is 13.0. The molecular formula is C20H20Cl6Si2. The first kappa shape index (κ1) is 23.0. The van der Waals surface area contributed by atoms with Crippen molar-refractivity contribution in [3.63, 3.8) is 0 Å². The summed E-state index contributed by atoms with van der Waals surface area (Å²) in [4.78, 5) is 0. The predicted molar refractivity (Wildman–Crippen MR) is 134 cm³/mol. The maximum atomic E-state index is 6.55. The number of fused-ring (bicyclic) bond motifs is 2. The van der Waals surface area contributed by atoms with E-state index in [-0.39, 0.29) is 11.1 Å². The number of benzene rings is 3. The van der Waals surface area contributed by atoms with Gasteiger partial charge in [0.1, 0.15) is 0 Å². The van der Waals surface area contributed by atoms with Gasteiger partial charge in [-0.1, -0.05) is 62.4 Å². The first-order valence-electron chi connectivity index (χ1n) is 9.17. The summed E-state index contributed by atoms with van der Waals surface area (Å²) in [5.74, 6) is 0. The van der Waals surface area contributed by atoms with E-state index < -0.39 is 12.0 Å². The van der Waals surface area contributed by atoms with Crippen molar-refractivity contribution in [1.29, 1.82) is 0 Å². The van der Waals surface area contributed by atoms with Crippen LogP contribution in [0.3, 0.4) is 0 Å². The molecule has 0 aliphatic rings. The van der Waals surface area contributed by atoms with Crippen LogP contribution in [0.5, 0.6) is 0 Å². The highest BCUT2D eigenvalue weighted by molar-refractivity contribution is 7.65. The molecule has 8 heteroatoms. The molecule has 0 spiro atoms. The molecular weight excluding hydrogens is 509 g/mol. The van der Waals surface area contributed by atoms with Gasteiger partial charge in [0.25, 0.3) is 0 Å². The van der Waals surface area contributed by atoms with Crippen LogP contribution in [0.2, 0.25) is 0 Å². The van der Waals surface area contributed by atoms with Gasteiger partial charge in [0.15, 0.2) is 0 Å². The van der Waals surface area contributed by atoms with Gasteiger partial charge in [-0.25, -0.2) is 0 Å². The second-order valence-electron chi connectivity index (χ2n) is 6.92. The van der Waals surface area contributed by atoms with E-state index in [1.54, 1.807) is 0 Å². The van der Waals surface area contributed by atoms with Crippen molar-refractivity contribution in [2.75, 3.05) is 0 Å². The Labute approximate surface area is 196 Å². The summed E-state index contributed by atoms with van der Waals surface area (Å²) in [7, 11) is 0. The van der Waals surface area contributed by atoms with Gasteiger partial charge in [0.05, 0.1) is 0 Å². The lowest BCUT2D eigenvalue weighted by Gasteiger charge is -2.29. The Hall–Kier alpha value is 0.354. The molecule has 0 aliphatic carbocycles. The van der Waals surface area contributed by atoms with E-state index in [1.165, 1.54) is 0 Å². The lowest BCUT2D eigenvalue weighted by Crippen LogP contribution is -2.25. The molecule has 3 aromatic rings. The van der Waals surface area contributed by atoms with Crippen molar-refractivity contribution in [2.45, 2.75) is 37.8 Å². The summed E-state index contributed by atoms with van der Waals surface area (Å²) in [6.07, 6.45) is 1.51. The number of halogens is 6. The Morgan fingerprint density at radius 1 is 0.571 bits per heavy atom. The average molecular weight is 529 g/mol. The Morgan fingerprint density at radius 2 is 0.821 bits per heavy atom. The fourth-order valence-corrected chi connectivity index (χ4v) is 11.1. The Morgan fingerprint density at radius 3 is 1.00 bits per heavy atom. The van der Waals surface area contributed by atoms with Gasteiger partial charge in [-0.2, -0.15) is 0 Å². The van der Waals surface area contributed by atoms with Crippen molar-refractivity contribution in [3.05, 3.63) is 59.7 Å². The summed E-state index contributed by atoms with van der Waals surface area (Å²) < 4.78 is 0. The van der Waals surface area contributed by atoms with Crippen molar-refractivity contribution in [1.82, 2.24) is 0 Å². The third kappa shape index (κ3) is 4.36. The maximum absolute atomic E-state index is 6.55. The van der Waals surface area contributed by atoms with Crippen LogP contribution in [-0.2, 0) is 0 Å². The molecule has 2 unspecified atom stereocenters. The van der Waals surface area contributed by atoms with Crippen LogP contribution in [-0.4, -0.2) is 12.0 Å². The molecule has 28 heavy (non-hydrogen) atoms. The molecule has 3 rings (SSSR count). The van der Waals surface area contributed by atoms with Crippen LogP contribution in [0.1, 0.15) is 48.9 Å². The number of rotatable bonds is 6. The Bertz CT molecular complexity index is 857. The lowest BCUT2D eigenvalue weighted by atomic mass is 9.88. The standard InChI is InChI=1S/C20H20Cl6Si2/c1-3-17(27(21,22)23)19-13-9-5-7-11-15(13)20(18(4-2)28(24,25)26)16-12-8-6-10-14(16)19/h5-12,17-18H,3-4H2,1-2H3. The minimum atomic E-state index is -3.00. The van der Waals surface area contributed by atoms with E-state index in [2.05, 4.69) is 38.1 Å². The molecule has 150 valence electrons. The summed E-state index contributed by atoms with van der Waals surface area (Å²) in [5.41, 5.74) is 1.97. The van der Waals surface area contributed by atoms with Gasteiger partial charge < -0.3 is 0 Å². The molecule has 0 saturated heterocycles.